The minimum atomic E-state index is -0.209. The van der Waals surface area contributed by atoms with Crippen molar-refractivity contribution in [2.24, 2.45) is 4.99 Å². The van der Waals surface area contributed by atoms with E-state index in [-0.39, 0.29) is 29.8 Å². The number of guanidine groups is 1. The first-order chi connectivity index (χ1) is 14.6. The number of piperazine rings is 1. The van der Waals surface area contributed by atoms with Crippen molar-refractivity contribution in [1.82, 2.24) is 25.3 Å². The summed E-state index contributed by atoms with van der Waals surface area (Å²) in [4.78, 5) is 12.7. The lowest BCUT2D eigenvalue weighted by Gasteiger charge is -2.36. The summed E-state index contributed by atoms with van der Waals surface area (Å²) in [5, 5.41) is 8.44. The van der Waals surface area contributed by atoms with Gasteiger partial charge >= 0.3 is 0 Å². The second-order valence-corrected chi connectivity index (χ2v) is 7.68. The summed E-state index contributed by atoms with van der Waals surface area (Å²) in [6, 6.07) is 6.84. The Hall–Kier alpha value is -2.14. The van der Waals surface area contributed by atoms with Gasteiger partial charge in [0.15, 0.2) is 5.96 Å². The van der Waals surface area contributed by atoms with Gasteiger partial charge in [0.25, 0.3) is 0 Å². The number of fused-ring (bicyclic) bond motifs is 1. The number of nitrogens with zero attached hydrogens (tertiary/aromatic N) is 4. The number of hydrogen-bond donors (Lipinski definition) is 2. The molecule has 4 rings (SSSR count). The average molecular weight is 540 g/mol. The number of aromatic nitrogens is 2. The highest BCUT2D eigenvalue weighted by atomic mass is 127. The molecule has 0 radical (unpaired) electrons. The maximum atomic E-state index is 13.6. The molecule has 31 heavy (non-hydrogen) atoms. The molecule has 0 atom stereocenters. The van der Waals surface area contributed by atoms with Gasteiger partial charge in [0, 0.05) is 69.0 Å². The van der Waals surface area contributed by atoms with Crippen molar-refractivity contribution in [1.29, 1.82) is 0 Å². The van der Waals surface area contributed by atoms with Crippen LogP contribution in [0.5, 0.6) is 0 Å². The van der Waals surface area contributed by atoms with Crippen molar-refractivity contribution in [2.75, 3.05) is 39.3 Å². The fraction of sp³-hybridized carbons (Fsp3) is 0.455. The molecule has 1 aliphatic heterocycles. The number of halogens is 2. The molecule has 1 aliphatic rings. The van der Waals surface area contributed by atoms with Crippen LogP contribution in [-0.4, -0.2) is 65.2 Å². The van der Waals surface area contributed by atoms with E-state index < -0.39 is 0 Å². The van der Waals surface area contributed by atoms with Crippen molar-refractivity contribution in [2.45, 2.75) is 26.8 Å². The van der Waals surface area contributed by atoms with E-state index >= 15 is 0 Å². The van der Waals surface area contributed by atoms with Crippen LogP contribution in [0.15, 0.2) is 40.0 Å². The molecule has 0 spiro atoms. The molecule has 1 saturated heterocycles. The van der Waals surface area contributed by atoms with Crippen molar-refractivity contribution in [3.63, 3.8) is 0 Å². The Balaban J connectivity index is 0.00000272. The molecule has 9 heteroatoms. The van der Waals surface area contributed by atoms with Gasteiger partial charge in [0.05, 0.1) is 5.69 Å². The van der Waals surface area contributed by atoms with Crippen LogP contribution in [-0.2, 0) is 13.0 Å². The summed E-state index contributed by atoms with van der Waals surface area (Å²) in [6.45, 7) is 10.1. The van der Waals surface area contributed by atoms with Crippen molar-refractivity contribution in [3.05, 3.63) is 53.3 Å². The first-order valence-corrected chi connectivity index (χ1v) is 10.6. The molecule has 3 heterocycles. The molecular weight excluding hydrogens is 510 g/mol. The van der Waals surface area contributed by atoms with Crippen molar-refractivity contribution in [3.8, 4) is 0 Å². The van der Waals surface area contributed by atoms with Crippen molar-refractivity contribution >= 4 is 40.8 Å². The summed E-state index contributed by atoms with van der Waals surface area (Å²) in [5.41, 5.74) is 3.04. The lowest BCUT2D eigenvalue weighted by Crippen LogP contribution is -2.52. The van der Waals surface area contributed by atoms with Crippen LogP contribution in [0.3, 0.4) is 0 Å². The van der Waals surface area contributed by atoms with Crippen LogP contribution in [0.25, 0.3) is 10.9 Å². The molecule has 0 amide bonds. The summed E-state index contributed by atoms with van der Waals surface area (Å²) in [6.07, 6.45) is 2.72. The standard InChI is InChI=1S/C22H29FN6O.HI/c1-3-24-22(25-7-6-17-14-26-21-5-4-18(23)13-20(17)21)29-10-8-28(9-11-29)15-19-12-16(2)30-27-19;/h4-5,12-14,26H,3,6-11,15H2,1-2H3,(H,24,25);1H. The van der Waals surface area contributed by atoms with Crippen LogP contribution >= 0.6 is 24.0 Å². The highest BCUT2D eigenvalue weighted by molar-refractivity contribution is 14.0. The van der Waals surface area contributed by atoms with Gasteiger partial charge in [-0.2, -0.15) is 0 Å². The number of rotatable bonds is 6. The molecule has 0 saturated carbocycles. The van der Waals surface area contributed by atoms with Crippen LogP contribution in [0.2, 0.25) is 0 Å². The molecule has 0 unspecified atom stereocenters. The second kappa shape index (κ2) is 10.9. The number of benzene rings is 1. The molecule has 7 nitrogen and oxygen atoms in total. The zero-order valence-corrected chi connectivity index (χ0v) is 20.4. The smallest absolute Gasteiger partial charge is 0.194 e. The Morgan fingerprint density at radius 2 is 2.06 bits per heavy atom. The van der Waals surface area contributed by atoms with Crippen LogP contribution in [0, 0.1) is 12.7 Å². The molecule has 2 N–H and O–H groups in total. The van der Waals surface area contributed by atoms with Crippen LogP contribution < -0.4 is 5.32 Å². The first-order valence-electron chi connectivity index (χ1n) is 10.6. The minimum absolute atomic E-state index is 0. The van der Waals surface area contributed by atoms with Crippen LogP contribution in [0.4, 0.5) is 4.39 Å². The lowest BCUT2D eigenvalue weighted by atomic mass is 10.1. The normalized spacial score (nSPS) is 15.3. The fourth-order valence-corrected chi connectivity index (χ4v) is 3.90. The van der Waals surface area contributed by atoms with E-state index in [9.17, 15) is 4.39 Å². The number of nitrogens with one attached hydrogen (secondary N) is 2. The Bertz CT molecular complexity index is 1010. The fourth-order valence-electron chi connectivity index (χ4n) is 3.90. The van der Waals surface area contributed by atoms with Gasteiger partial charge in [-0.1, -0.05) is 5.16 Å². The molecular formula is C22H30FIN6O. The quantitative estimate of drug-likeness (QED) is 0.285. The highest BCUT2D eigenvalue weighted by Gasteiger charge is 2.20. The predicted molar refractivity (Wildman–Crippen MR) is 131 cm³/mol. The van der Waals surface area contributed by atoms with Crippen molar-refractivity contribution < 1.29 is 8.91 Å². The van der Waals surface area contributed by atoms with Gasteiger partial charge in [-0.25, -0.2) is 4.39 Å². The average Bonchev–Trinajstić information content (AvgIpc) is 3.33. The Morgan fingerprint density at radius 3 is 2.77 bits per heavy atom. The molecule has 0 bridgehead atoms. The molecule has 3 aromatic rings. The summed E-state index contributed by atoms with van der Waals surface area (Å²) >= 11 is 0. The maximum Gasteiger partial charge on any atom is 0.194 e. The summed E-state index contributed by atoms with van der Waals surface area (Å²) in [5.74, 6) is 1.59. The number of hydrogen-bond acceptors (Lipinski definition) is 4. The molecule has 1 aromatic carbocycles. The Labute approximate surface area is 199 Å². The monoisotopic (exact) mass is 540 g/mol. The minimum Gasteiger partial charge on any atom is -0.361 e. The van der Waals surface area contributed by atoms with E-state index in [1.54, 1.807) is 12.1 Å². The van der Waals surface area contributed by atoms with Gasteiger partial charge < -0.3 is 19.7 Å². The highest BCUT2D eigenvalue weighted by Crippen LogP contribution is 2.20. The molecule has 0 aliphatic carbocycles. The third-order valence-corrected chi connectivity index (χ3v) is 5.44. The largest absolute Gasteiger partial charge is 0.361 e. The predicted octanol–water partition coefficient (Wildman–Crippen LogP) is 3.55. The van der Waals surface area contributed by atoms with E-state index in [1.807, 2.05) is 19.2 Å². The summed E-state index contributed by atoms with van der Waals surface area (Å²) in [7, 11) is 0. The van der Waals surface area contributed by atoms with E-state index in [0.717, 1.165) is 79.6 Å². The van der Waals surface area contributed by atoms with E-state index in [0.29, 0.717) is 6.54 Å². The third-order valence-electron chi connectivity index (χ3n) is 5.44. The number of aromatic amines is 1. The van der Waals surface area contributed by atoms with Crippen LogP contribution in [0.1, 0.15) is 23.9 Å². The maximum absolute atomic E-state index is 13.6. The van der Waals surface area contributed by atoms with Gasteiger partial charge in [-0.05, 0) is 44.0 Å². The lowest BCUT2D eigenvalue weighted by molar-refractivity contribution is 0.169. The number of H-pyrrole nitrogens is 1. The second-order valence-electron chi connectivity index (χ2n) is 7.68. The van der Waals surface area contributed by atoms with E-state index in [4.69, 9.17) is 9.52 Å². The third kappa shape index (κ3) is 5.97. The van der Waals surface area contributed by atoms with E-state index in [2.05, 4.69) is 32.2 Å². The summed E-state index contributed by atoms with van der Waals surface area (Å²) < 4.78 is 18.8. The zero-order valence-electron chi connectivity index (χ0n) is 18.0. The molecule has 168 valence electrons. The van der Waals surface area contributed by atoms with Gasteiger partial charge in [0.1, 0.15) is 11.6 Å². The Kier molecular flexibility index (Phi) is 8.30. The Morgan fingerprint density at radius 1 is 1.26 bits per heavy atom. The molecule has 2 aromatic heterocycles. The SMILES string of the molecule is CCNC(=NCCc1c[nH]c2ccc(F)cc12)N1CCN(Cc2cc(C)on2)CC1.I. The van der Waals surface area contributed by atoms with E-state index in [1.165, 1.54) is 6.07 Å². The molecule has 1 fully saturated rings. The number of aryl methyl sites for hydroxylation is 1. The van der Waals surface area contributed by atoms with Gasteiger partial charge in [0.2, 0.25) is 0 Å². The topological polar surface area (TPSA) is 72.7 Å². The van der Waals surface area contributed by atoms with Gasteiger partial charge in [-0.3, -0.25) is 9.89 Å². The first kappa shape index (κ1) is 23.5. The zero-order chi connectivity index (χ0) is 20.9. The van der Waals surface area contributed by atoms with Gasteiger partial charge in [-0.15, -0.1) is 24.0 Å². The number of aliphatic imine (C=N–C) groups is 1.